The van der Waals surface area contributed by atoms with Gasteiger partial charge < -0.3 is 14.4 Å². The van der Waals surface area contributed by atoms with E-state index >= 15 is 0 Å². The quantitative estimate of drug-likeness (QED) is 0.579. The number of hydrogen-bond acceptors (Lipinski definition) is 5. The van der Waals surface area contributed by atoms with Crippen LogP contribution in [0.5, 0.6) is 0 Å². The average Bonchev–Trinajstić information content (AvgIpc) is 2.25. The first-order valence-corrected chi connectivity index (χ1v) is 4.92. The van der Waals surface area contributed by atoms with E-state index in [4.69, 9.17) is 0 Å². The Morgan fingerprint density at radius 1 is 1.00 bits per heavy atom. The van der Waals surface area contributed by atoms with Crippen molar-refractivity contribution in [3.05, 3.63) is 0 Å². The molecule has 88 valence electrons. The SMILES string of the molecule is COC(=O)CCCN(C)CCC(=O)OC. The van der Waals surface area contributed by atoms with Crippen LogP contribution in [-0.4, -0.2) is 51.2 Å². The maximum Gasteiger partial charge on any atom is 0.306 e. The number of ether oxygens (including phenoxy) is 2. The molecular formula is C10H19NO4. The molecule has 0 saturated heterocycles. The summed E-state index contributed by atoms with van der Waals surface area (Å²) in [6, 6.07) is 0. The summed E-state index contributed by atoms with van der Waals surface area (Å²) in [4.78, 5) is 23.6. The number of carbonyl (C=O) groups is 2. The second-order valence-corrected chi connectivity index (χ2v) is 3.31. The zero-order valence-corrected chi connectivity index (χ0v) is 9.62. The molecule has 5 nitrogen and oxygen atoms in total. The van der Waals surface area contributed by atoms with Gasteiger partial charge in [0.25, 0.3) is 0 Å². The molecule has 0 aromatic heterocycles. The summed E-state index contributed by atoms with van der Waals surface area (Å²) < 4.78 is 9.04. The van der Waals surface area contributed by atoms with Crippen molar-refractivity contribution in [2.24, 2.45) is 0 Å². The zero-order valence-electron chi connectivity index (χ0n) is 9.62. The number of rotatable bonds is 7. The van der Waals surface area contributed by atoms with Crippen LogP contribution in [0, 0.1) is 0 Å². The lowest BCUT2D eigenvalue weighted by Gasteiger charge is -2.14. The Morgan fingerprint density at radius 2 is 1.53 bits per heavy atom. The molecule has 0 fully saturated rings. The maximum absolute atomic E-state index is 10.8. The van der Waals surface area contributed by atoms with Gasteiger partial charge in [0.05, 0.1) is 20.6 Å². The Balaban J connectivity index is 3.45. The van der Waals surface area contributed by atoms with Gasteiger partial charge in [-0.15, -0.1) is 0 Å². The minimum absolute atomic E-state index is 0.198. The lowest BCUT2D eigenvalue weighted by Crippen LogP contribution is -2.24. The summed E-state index contributed by atoms with van der Waals surface area (Å²) in [6.45, 7) is 1.42. The summed E-state index contributed by atoms with van der Waals surface area (Å²) in [6.07, 6.45) is 1.54. The first-order valence-electron chi connectivity index (χ1n) is 4.92. The molecule has 0 aromatic rings. The van der Waals surface area contributed by atoms with E-state index in [1.54, 1.807) is 0 Å². The van der Waals surface area contributed by atoms with Gasteiger partial charge in [-0.05, 0) is 20.0 Å². The van der Waals surface area contributed by atoms with Gasteiger partial charge in [0.2, 0.25) is 0 Å². The smallest absolute Gasteiger partial charge is 0.306 e. The third-order valence-electron chi connectivity index (χ3n) is 2.07. The molecule has 0 spiro atoms. The summed E-state index contributed by atoms with van der Waals surface area (Å²) in [5.74, 6) is -0.411. The number of methoxy groups -OCH3 is 2. The Morgan fingerprint density at radius 3 is 2.07 bits per heavy atom. The Labute approximate surface area is 90.3 Å². The van der Waals surface area contributed by atoms with Crippen molar-refractivity contribution in [3.63, 3.8) is 0 Å². The van der Waals surface area contributed by atoms with Gasteiger partial charge in [0.15, 0.2) is 0 Å². The van der Waals surface area contributed by atoms with Crippen molar-refractivity contribution < 1.29 is 19.1 Å². The van der Waals surface area contributed by atoms with Gasteiger partial charge in [0.1, 0.15) is 0 Å². The molecule has 0 rings (SSSR count). The zero-order chi connectivity index (χ0) is 11.7. The summed E-state index contributed by atoms with van der Waals surface area (Å²) >= 11 is 0. The topological polar surface area (TPSA) is 55.8 Å². The fourth-order valence-electron chi connectivity index (χ4n) is 1.09. The van der Waals surface area contributed by atoms with Crippen LogP contribution in [0.3, 0.4) is 0 Å². The highest BCUT2D eigenvalue weighted by Gasteiger charge is 2.05. The van der Waals surface area contributed by atoms with Crippen molar-refractivity contribution in [2.45, 2.75) is 19.3 Å². The van der Waals surface area contributed by atoms with Crippen LogP contribution in [0.2, 0.25) is 0 Å². The van der Waals surface area contributed by atoms with Crippen LogP contribution in [0.15, 0.2) is 0 Å². The van der Waals surface area contributed by atoms with Gasteiger partial charge in [-0.1, -0.05) is 0 Å². The van der Waals surface area contributed by atoms with E-state index in [0.717, 1.165) is 13.0 Å². The van der Waals surface area contributed by atoms with Gasteiger partial charge in [0, 0.05) is 13.0 Å². The molecule has 0 aliphatic rings. The molecule has 0 aliphatic heterocycles. The van der Waals surface area contributed by atoms with E-state index < -0.39 is 0 Å². The van der Waals surface area contributed by atoms with E-state index in [0.29, 0.717) is 19.4 Å². The van der Waals surface area contributed by atoms with Crippen LogP contribution >= 0.6 is 0 Å². The van der Waals surface area contributed by atoms with E-state index in [1.165, 1.54) is 14.2 Å². The van der Waals surface area contributed by atoms with Crippen LogP contribution in [0.4, 0.5) is 0 Å². The lowest BCUT2D eigenvalue weighted by atomic mass is 10.3. The summed E-state index contributed by atoms with van der Waals surface area (Å²) in [7, 11) is 4.66. The van der Waals surface area contributed by atoms with Crippen molar-refractivity contribution in [3.8, 4) is 0 Å². The van der Waals surface area contributed by atoms with Gasteiger partial charge in [-0.3, -0.25) is 9.59 Å². The second kappa shape index (κ2) is 8.23. The Hall–Kier alpha value is -1.10. The van der Waals surface area contributed by atoms with Crippen LogP contribution in [-0.2, 0) is 19.1 Å². The fraction of sp³-hybridized carbons (Fsp3) is 0.800. The predicted octanol–water partition coefficient (Wildman–Crippen LogP) is 0.434. The summed E-state index contributed by atoms with van der Waals surface area (Å²) in [5, 5.41) is 0. The first-order chi connectivity index (χ1) is 7.10. The molecule has 15 heavy (non-hydrogen) atoms. The maximum atomic E-state index is 10.8. The van der Waals surface area contributed by atoms with E-state index in [1.807, 2.05) is 11.9 Å². The molecule has 0 bridgehead atoms. The molecule has 0 radical (unpaired) electrons. The third kappa shape index (κ3) is 7.93. The van der Waals surface area contributed by atoms with Gasteiger partial charge in [-0.2, -0.15) is 0 Å². The van der Waals surface area contributed by atoms with Crippen molar-refractivity contribution in [1.29, 1.82) is 0 Å². The highest BCUT2D eigenvalue weighted by atomic mass is 16.5. The minimum Gasteiger partial charge on any atom is -0.469 e. The van der Waals surface area contributed by atoms with E-state index in [2.05, 4.69) is 9.47 Å². The molecule has 0 saturated carbocycles. The molecule has 0 atom stereocenters. The van der Waals surface area contributed by atoms with Crippen LogP contribution in [0.25, 0.3) is 0 Å². The molecule has 0 N–H and O–H groups in total. The highest BCUT2D eigenvalue weighted by molar-refractivity contribution is 5.69. The first kappa shape index (κ1) is 13.9. The normalized spacial score (nSPS) is 10.1. The predicted molar refractivity (Wildman–Crippen MR) is 55.4 cm³/mol. The van der Waals surface area contributed by atoms with Crippen LogP contribution < -0.4 is 0 Å². The van der Waals surface area contributed by atoms with Crippen molar-refractivity contribution >= 4 is 11.9 Å². The molecule has 0 unspecified atom stereocenters. The molecule has 0 amide bonds. The number of hydrogen-bond donors (Lipinski definition) is 0. The molecule has 0 heterocycles. The third-order valence-corrected chi connectivity index (χ3v) is 2.07. The van der Waals surface area contributed by atoms with Gasteiger partial charge in [-0.25, -0.2) is 0 Å². The number of esters is 2. The Bertz CT molecular complexity index is 206. The minimum atomic E-state index is -0.213. The number of carbonyl (C=O) groups excluding carboxylic acids is 2. The molecule has 0 aliphatic carbocycles. The highest BCUT2D eigenvalue weighted by Crippen LogP contribution is 1.96. The van der Waals surface area contributed by atoms with Crippen molar-refractivity contribution in [1.82, 2.24) is 4.90 Å². The Kier molecular flexibility index (Phi) is 7.62. The fourth-order valence-corrected chi connectivity index (χ4v) is 1.09. The van der Waals surface area contributed by atoms with Gasteiger partial charge >= 0.3 is 11.9 Å². The molecule has 5 heteroatoms. The average molecular weight is 217 g/mol. The lowest BCUT2D eigenvalue weighted by molar-refractivity contribution is -0.142. The van der Waals surface area contributed by atoms with Crippen LogP contribution in [0.1, 0.15) is 19.3 Å². The van der Waals surface area contributed by atoms with E-state index in [-0.39, 0.29) is 11.9 Å². The molecule has 0 aromatic carbocycles. The second-order valence-electron chi connectivity index (χ2n) is 3.31. The molecular weight excluding hydrogens is 198 g/mol. The van der Waals surface area contributed by atoms with Crippen molar-refractivity contribution in [2.75, 3.05) is 34.4 Å². The van der Waals surface area contributed by atoms with E-state index in [9.17, 15) is 9.59 Å². The number of nitrogens with zero attached hydrogens (tertiary/aromatic N) is 1. The standard InChI is InChI=1S/C10H19NO4/c1-11(8-6-10(13)15-3)7-4-5-9(12)14-2/h4-8H2,1-3H3. The summed E-state index contributed by atoms with van der Waals surface area (Å²) in [5.41, 5.74) is 0. The monoisotopic (exact) mass is 217 g/mol. The largest absolute Gasteiger partial charge is 0.469 e.